The van der Waals surface area contributed by atoms with Crippen molar-refractivity contribution in [3.63, 3.8) is 0 Å². The van der Waals surface area contributed by atoms with E-state index in [-0.39, 0.29) is 23.8 Å². The number of amides is 2. The van der Waals surface area contributed by atoms with Gasteiger partial charge in [-0.15, -0.1) is 0 Å². The first-order valence-electron chi connectivity index (χ1n) is 10.4. The predicted molar refractivity (Wildman–Crippen MR) is 121 cm³/mol. The van der Waals surface area contributed by atoms with Crippen molar-refractivity contribution < 1.29 is 14.3 Å². The first-order chi connectivity index (χ1) is 14.9. The molecule has 0 aliphatic carbocycles. The van der Waals surface area contributed by atoms with Gasteiger partial charge < -0.3 is 15.4 Å². The highest BCUT2D eigenvalue weighted by Crippen LogP contribution is 2.26. The number of aromatic nitrogens is 2. The lowest BCUT2D eigenvalue weighted by atomic mass is 10.0. The van der Waals surface area contributed by atoms with Crippen LogP contribution in [0.4, 0.5) is 5.69 Å². The van der Waals surface area contributed by atoms with Crippen LogP contribution in [0.1, 0.15) is 49.7 Å². The van der Waals surface area contributed by atoms with Gasteiger partial charge in [0.05, 0.1) is 23.9 Å². The summed E-state index contributed by atoms with van der Waals surface area (Å²) in [6, 6.07) is 14.6. The monoisotopic (exact) mass is 420 g/mol. The zero-order valence-electron chi connectivity index (χ0n) is 18.2. The van der Waals surface area contributed by atoms with Gasteiger partial charge in [0, 0.05) is 23.4 Å². The second-order valence-corrected chi connectivity index (χ2v) is 7.57. The number of nitrogens with zero attached hydrogens (tertiary/aromatic N) is 1. The molecule has 31 heavy (non-hydrogen) atoms. The van der Waals surface area contributed by atoms with Gasteiger partial charge in [-0.3, -0.25) is 14.7 Å². The molecule has 162 valence electrons. The van der Waals surface area contributed by atoms with Crippen LogP contribution in [0.2, 0.25) is 0 Å². The number of rotatable bonds is 8. The van der Waals surface area contributed by atoms with Crippen molar-refractivity contribution in [1.29, 1.82) is 0 Å². The van der Waals surface area contributed by atoms with Gasteiger partial charge in [-0.1, -0.05) is 32.0 Å². The van der Waals surface area contributed by atoms with Crippen LogP contribution in [0.15, 0.2) is 54.7 Å². The van der Waals surface area contributed by atoms with Gasteiger partial charge in [0.1, 0.15) is 5.75 Å². The van der Waals surface area contributed by atoms with Crippen molar-refractivity contribution in [2.75, 3.05) is 11.9 Å². The Bertz CT molecular complexity index is 1040. The molecule has 1 atom stereocenters. The molecule has 7 nitrogen and oxygen atoms in total. The van der Waals surface area contributed by atoms with Crippen LogP contribution in [0, 0.1) is 5.92 Å². The average Bonchev–Trinajstić information content (AvgIpc) is 3.30. The molecule has 1 heterocycles. The number of ether oxygens (including phenoxy) is 1. The molecular weight excluding hydrogens is 392 g/mol. The van der Waals surface area contributed by atoms with Crippen molar-refractivity contribution in [3.8, 4) is 17.0 Å². The van der Waals surface area contributed by atoms with Crippen molar-refractivity contribution in [2.24, 2.45) is 5.92 Å². The predicted octanol–water partition coefficient (Wildman–Crippen LogP) is 4.56. The lowest BCUT2D eigenvalue weighted by molar-refractivity contribution is -0.118. The molecule has 0 spiro atoms. The Morgan fingerprint density at radius 3 is 2.58 bits per heavy atom. The van der Waals surface area contributed by atoms with E-state index >= 15 is 0 Å². The van der Waals surface area contributed by atoms with E-state index in [0.29, 0.717) is 23.6 Å². The van der Waals surface area contributed by atoms with Crippen molar-refractivity contribution in [3.05, 3.63) is 65.9 Å². The molecule has 0 saturated heterocycles. The summed E-state index contributed by atoms with van der Waals surface area (Å²) in [7, 11) is 0. The maximum Gasteiger partial charge on any atom is 0.255 e. The van der Waals surface area contributed by atoms with E-state index in [1.165, 1.54) is 0 Å². The summed E-state index contributed by atoms with van der Waals surface area (Å²) in [6.07, 6.45) is 1.77. The number of hydrogen-bond acceptors (Lipinski definition) is 4. The van der Waals surface area contributed by atoms with Crippen LogP contribution < -0.4 is 15.4 Å². The van der Waals surface area contributed by atoms with E-state index in [4.69, 9.17) is 4.74 Å². The quantitative estimate of drug-likeness (QED) is 0.498. The van der Waals surface area contributed by atoms with E-state index in [0.717, 1.165) is 16.8 Å². The van der Waals surface area contributed by atoms with Crippen LogP contribution in [-0.4, -0.2) is 28.6 Å². The first kappa shape index (κ1) is 22.1. The third kappa shape index (κ3) is 5.51. The Balaban J connectivity index is 1.81. The van der Waals surface area contributed by atoms with Crippen LogP contribution in [0.5, 0.6) is 5.75 Å². The van der Waals surface area contributed by atoms with E-state index in [1.54, 1.807) is 24.4 Å². The summed E-state index contributed by atoms with van der Waals surface area (Å²) in [4.78, 5) is 25.1. The molecule has 0 fully saturated rings. The third-order valence-electron chi connectivity index (χ3n) is 4.85. The maximum absolute atomic E-state index is 13.1. The highest BCUT2D eigenvalue weighted by atomic mass is 16.5. The zero-order valence-corrected chi connectivity index (χ0v) is 18.2. The van der Waals surface area contributed by atoms with E-state index < -0.39 is 0 Å². The van der Waals surface area contributed by atoms with Crippen LogP contribution in [-0.2, 0) is 4.79 Å². The van der Waals surface area contributed by atoms with Gasteiger partial charge >= 0.3 is 0 Å². The molecule has 2 aromatic carbocycles. The molecule has 1 unspecified atom stereocenters. The molecule has 1 aromatic heterocycles. The van der Waals surface area contributed by atoms with Gasteiger partial charge in [-0.2, -0.15) is 5.10 Å². The van der Waals surface area contributed by atoms with Crippen LogP contribution in [0.25, 0.3) is 11.3 Å². The van der Waals surface area contributed by atoms with Gasteiger partial charge in [0.25, 0.3) is 5.91 Å². The second-order valence-electron chi connectivity index (χ2n) is 7.57. The fraction of sp³-hybridized carbons (Fsp3) is 0.292. The minimum atomic E-state index is -0.276. The Labute approximate surface area is 182 Å². The number of nitrogens with one attached hydrogen (secondary N) is 3. The Morgan fingerprint density at radius 2 is 1.90 bits per heavy atom. The Kier molecular flexibility index (Phi) is 7.07. The lowest BCUT2D eigenvalue weighted by Crippen LogP contribution is -2.27. The van der Waals surface area contributed by atoms with Crippen molar-refractivity contribution in [1.82, 2.24) is 15.5 Å². The maximum atomic E-state index is 13.1. The molecule has 2 amide bonds. The summed E-state index contributed by atoms with van der Waals surface area (Å²) in [5.41, 5.74) is 3.69. The summed E-state index contributed by atoms with van der Waals surface area (Å²) < 4.78 is 5.64. The fourth-order valence-corrected chi connectivity index (χ4v) is 3.10. The van der Waals surface area contributed by atoms with Gasteiger partial charge in [0.2, 0.25) is 5.91 Å². The number of carbonyl (C=O) groups excluding carboxylic acids is 2. The SMILES string of the molecule is CCOc1ccc(NC(=O)C(C)C)cc1C(=O)NC(C)c1cccc(-c2cc[nH]n2)c1. The Hall–Kier alpha value is -3.61. The minimum absolute atomic E-state index is 0.112. The molecule has 3 rings (SSSR count). The average molecular weight is 421 g/mol. The molecule has 3 aromatic rings. The number of H-pyrrole nitrogens is 1. The normalized spacial score (nSPS) is 11.8. The van der Waals surface area contributed by atoms with E-state index in [1.807, 2.05) is 58.0 Å². The highest BCUT2D eigenvalue weighted by Gasteiger charge is 2.18. The number of aromatic amines is 1. The zero-order chi connectivity index (χ0) is 22.4. The van der Waals surface area contributed by atoms with Crippen molar-refractivity contribution >= 4 is 17.5 Å². The lowest BCUT2D eigenvalue weighted by Gasteiger charge is -2.18. The molecule has 0 aliphatic heterocycles. The number of benzene rings is 2. The summed E-state index contributed by atoms with van der Waals surface area (Å²) in [5, 5.41) is 12.9. The van der Waals surface area contributed by atoms with E-state index in [2.05, 4.69) is 20.8 Å². The summed E-state index contributed by atoms with van der Waals surface area (Å²) >= 11 is 0. The van der Waals surface area contributed by atoms with Crippen molar-refractivity contribution in [2.45, 2.75) is 33.7 Å². The highest BCUT2D eigenvalue weighted by molar-refractivity contribution is 6.00. The van der Waals surface area contributed by atoms with Gasteiger partial charge in [-0.05, 0) is 49.7 Å². The fourth-order valence-electron chi connectivity index (χ4n) is 3.10. The van der Waals surface area contributed by atoms with Gasteiger partial charge in [-0.25, -0.2) is 0 Å². The molecule has 7 heteroatoms. The largest absolute Gasteiger partial charge is 0.493 e. The molecule has 0 bridgehead atoms. The summed E-state index contributed by atoms with van der Waals surface area (Å²) in [6.45, 7) is 7.84. The van der Waals surface area contributed by atoms with E-state index in [9.17, 15) is 9.59 Å². The molecule has 0 aliphatic rings. The molecule has 0 saturated carbocycles. The third-order valence-corrected chi connectivity index (χ3v) is 4.85. The number of anilines is 1. The topological polar surface area (TPSA) is 96.1 Å². The Morgan fingerprint density at radius 1 is 1.10 bits per heavy atom. The molecule has 0 radical (unpaired) electrons. The van der Waals surface area contributed by atoms with Gasteiger partial charge in [0.15, 0.2) is 0 Å². The number of carbonyl (C=O) groups is 2. The van der Waals surface area contributed by atoms with Crippen LogP contribution in [0.3, 0.4) is 0 Å². The standard InChI is InChI=1S/C24H28N4O3/c1-5-31-22-10-9-19(27-23(29)15(2)3)14-20(22)24(30)26-16(4)17-7-6-8-18(13-17)21-11-12-25-28-21/h6-16H,5H2,1-4H3,(H,25,28)(H,26,30)(H,27,29). The molecule has 3 N–H and O–H groups in total. The first-order valence-corrected chi connectivity index (χ1v) is 10.4. The second kappa shape index (κ2) is 9.93. The number of hydrogen-bond donors (Lipinski definition) is 3. The smallest absolute Gasteiger partial charge is 0.255 e. The summed E-state index contributed by atoms with van der Waals surface area (Å²) in [5.74, 6) is -0.0773. The van der Waals surface area contributed by atoms with Crippen LogP contribution >= 0.6 is 0 Å². The molecular formula is C24H28N4O3. The minimum Gasteiger partial charge on any atom is -0.493 e.